The molecule has 3 atom stereocenters. The van der Waals surface area contributed by atoms with E-state index in [1.807, 2.05) is 0 Å². The molecule has 0 aliphatic heterocycles. The molecule has 0 heterocycles. The van der Waals surface area contributed by atoms with Gasteiger partial charge in [0.25, 0.3) is 0 Å². The first-order chi connectivity index (χ1) is 7.99. The van der Waals surface area contributed by atoms with E-state index in [1.165, 1.54) is 6.42 Å². The minimum absolute atomic E-state index is 0.129. The van der Waals surface area contributed by atoms with E-state index < -0.39 is 12.1 Å². The second kappa shape index (κ2) is 6.59. The van der Waals surface area contributed by atoms with Gasteiger partial charge in [0, 0.05) is 0 Å². The number of rotatable bonds is 5. The van der Waals surface area contributed by atoms with Gasteiger partial charge >= 0.3 is 5.97 Å². The Bertz CT molecular complexity index is 280. The van der Waals surface area contributed by atoms with E-state index in [0.29, 0.717) is 5.92 Å². The van der Waals surface area contributed by atoms with E-state index in [1.54, 1.807) is 6.92 Å². The average Bonchev–Trinajstić information content (AvgIpc) is 2.25. The Hall–Kier alpha value is -1.10. The zero-order chi connectivity index (χ0) is 12.8. The molecule has 1 aliphatic carbocycles. The van der Waals surface area contributed by atoms with Crippen molar-refractivity contribution in [2.75, 3.05) is 6.54 Å². The highest BCUT2D eigenvalue weighted by atomic mass is 16.5. The predicted molar refractivity (Wildman–Crippen MR) is 62.6 cm³/mol. The van der Waals surface area contributed by atoms with Crippen LogP contribution >= 0.6 is 0 Å². The van der Waals surface area contributed by atoms with Gasteiger partial charge in [-0.1, -0.05) is 19.8 Å². The number of carbonyl (C=O) groups is 2. The standard InChI is InChI=1S/C12H21NO4/c1-8-4-3-5-10(6-8)17-9(2)12(16)13-7-11(14)15/h8-10H,3-7H2,1-2H3,(H,13,16)(H,14,15)/t8-,9-,10+/m1/s1. The van der Waals surface area contributed by atoms with E-state index >= 15 is 0 Å². The molecular weight excluding hydrogens is 222 g/mol. The fourth-order valence-electron chi connectivity index (χ4n) is 2.16. The summed E-state index contributed by atoms with van der Waals surface area (Å²) in [4.78, 5) is 21.8. The molecule has 1 aliphatic rings. The quantitative estimate of drug-likeness (QED) is 0.760. The van der Waals surface area contributed by atoms with Crippen LogP contribution in [-0.4, -0.2) is 35.7 Å². The van der Waals surface area contributed by atoms with Crippen LogP contribution in [0.3, 0.4) is 0 Å². The molecule has 17 heavy (non-hydrogen) atoms. The predicted octanol–water partition coefficient (Wildman–Crippen LogP) is 1.17. The van der Waals surface area contributed by atoms with E-state index in [9.17, 15) is 9.59 Å². The van der Waals surface area contributed by atoms with E-state index in [4.69, 9.17) is 9.84 Å². The number of hydrogen-bond donors (Lipinski definition) is 2. The summed E-state index contributed by atoms with van der Waals surface area (Å²) in [7, 11) is 0. The third-order valence-electron chi connectivity index (χ3n) is 3.07. The molecule has 0 aromatic heterocycles. The number of amides is 1. The van der Waals surface area contributed by atoms with E-state index in [2.05, 4.69) is 12.2 Å². The van der Waals surface area contributed by atoms with Crippen molar-refractivity contribution in [1.82, 2.24) is 5.32 Å². The van der Waals surface area contributed by atoms with Crippen LogP contribution < -0.4 is 5.32 Å². The molecular formula is C12H21NO4. The van der Waals surface area contributed by atoms with Crippen molar-refractivity contribution in [3.05, 3.63) is 0 Å². The molecule has 5 heteroatoms. The summed E-state index contributed by atoms with van der Waals surface area (Å²) in [6.45, 7) is 3.49. The maximum Gasteiger partial charge on any atom is 0.322 e. The minimum atomic E-state index is -1.04. The van der Waals surface area contributed by atoms with Crippen molar-refractivity contribution in [2.45, 2.75) is 51.7 Å². The normalized spacial score (nSPS) is 26.2. The molecule has 0 saturated heterocycles. The van der Waals surface area contributed by atoms with E-state index in [0.717, 1.165) is 19.3 Å². The molecule has 1 amide bonds. The smallest absolute Gasteiger partial charge is 0.322 e. The molecule has 0 unspecified atom stereocenters. The maximum atomic E-state index is 11.5. The second-order valence-electron chi connectivity index (χ2n) is 4.78. The Labute approximate surface area is 102 Å². The number of carboxylic acid groups (broad SMARTS) is 1. The third-order valence-corrected chi connectivity index (χ3v) is 3.07. The molecule has 2 N–H and O–H groups in total. The molecule has 1 saturated carbocycles. The molecule has 5 nitrogen and oxygen atoms in total. The van der Waals surface area contributed by atoms with Crippen LogP contribution in [0.2, 0.25) is 0 Å². The Morgan fingerprint density at radius 2 is 2.18 bits per heavy atom. The van der Waals surface area contributed by atoms with Crippen LogP contribution in [0.4, 0.5) is 0 Å². The van der Waals surface area contributed by atoms with Gasteiger partial charge in [-0.05, 0) is 25.7 Å². The first-order valence-corrected chi connectivity index (χ1v) is 6.14. The summed E-state index contributed by atoms with van der Waals surface area (Å²) >= 11 is 0. The molecule has 0 aromatic carbocycles. The topological polar surface area (TPSA) is 75.6 Å². The van der Waals surface area contributed by atoms with Crippen molar-refractivity contribution in [1.29, 1.82) is 0 Å². The van der Waals surface area contributed by atoms with Gasteiger partial charge in [0.1, 0.15) is 12.6 Å². The van der Waals surface area contributed by atoms with Gasteiger partial charge in [-0.2, -0.15) is 0 Å². The van der Waals surface area contributed by atoms with Gasteiger partial charge in [0.15, 0.2) is 0 Å². The first kappa shape index (κ1) is 14.0. The Kier molecular flexibility index (Phi) is 5.41. The number of ether oxygens (including phenoxy) is 1. The average molecular weight is 243 g/mol. The molecule has 0 aromatic rings. The number of hydrogen-bond acceptors (Lipinski definition) is 3. The van der Waals surface area contributed by atoms with Crippen molar-refractivity contribution in [2.24, 2.45) is 5.92 Å². The van der Waals surface area contributed by atoms with Crippen LogP contribution in [-0.2, 0) is 14.3 Å². The Balaban J connectivity index is 2.29. The fraction of sp³-hybridized carbons (Fsp3) is 0.833. The van der Waals surface area contributed by atoms with Crippen LogP contribution in [0.1, 0.15) is 39.5 Å². The molecule has 98 valence electrons. The lowest BCUT2D eigenvalue weighted by Gasteiger charge is -2.28. The second-order valence-corrected chi connectivity index (χ2v) is 4.78. The van der Waals surface area contributed by atoms with Crippen LogP contribution in [0.25, 0.3) is 0 Å². The summed E-state index contributed by atoms with van der Waals surface area (Å²) < 4.78 is 5.65. The molecule has 0 spiro atoms. The van der Waals surface area contributed by atoms with Crippen molar-refractivity contribution in [3.8, 4) is 0 Å². The summed E-state index contributed by atoms with van der Waals surface area (Å²) in [6.07, 6.45) is 3.88. The molecule has 0 radical (unpaired) electrons. The molecule has 1 fully saturated rings. The Morgan fingerprint density at radius 3 is 2.76 bits per heavy atom. The zero-order valence-corrected chi connectivity index (χ0v) is 10.4. The first-order valence-electron chi connectivity index (χ1n) is 6.14. The van der Waals surface area contributed by atoms with Crippen molar-refractivity contribution >= 4 is 11.9 Å². The minimum Gasteiger partial charge on any atom is -0.480 e. The van der Waals surface area contributed by atoms with Gasteiger partial charge in [-0.25, -0.2) is 0 Å². The highest BCUT2D eigenvalue weighted by molar-refractivity contribution is 5.84. The molecule has 1 rings (SSSR count). The van der Waals surface area contributed by atoms with Crippen LogP contribution in [0.15, 0.2) is 0 Å². The van der Waals surface area contributed by atoms with Gasteiger partial charge in [0.2, 0.25) is 5.91 Å². The summed E-state index contributed by atoms with van der Waals surface area (Å²) in [5.74, 6) is -0.759. The summed E-state index contributed by atoms with van der Waals surface area (Å²) in [6, 6.07) is 0. The van der Waals surface area contributed by atoms with Gasteiger partial charge in [-0.3, -0.25) is 9.59 Å². The van der Waals surface area contributed by atoms with Crippen LogP contribution in [0, 0.1) is 5.92 Å². The number of aliphatic carboxylic acids is 1. The number of carbonyl (C=O) groups excluding carboxylic acids is 1. The van der Waals surface area contributed by atoms with Crippen molar-refractivity contribution < 1.29 is 19.4 Å². The lowest BCUT2D eigenvalue weighted by molar-refractivity contribution is -0.142. The largest absolute Gasteiger partial charge is 0.480 e. The summed E-state index contributed by atoms with van der Waals surface area (Å²) in [5, 5.41) is 10.8. The zero-order valence-electron chi connectivity index (χ0n) is 10.4. The third kappa shape index (κ3) is 5.17. The fourth-order valence-corrected chi connectivity index (χ4v) is 2.16. The lowest BCUT2D eigenvalue weighted by atomic mass is 9.88. The lowest BCUT2D eigenvalue weighted by Crippen LogP contribution is -2.40. The highest BCUT2D eigenvalue weighted by Crippen LogP contribution is 2.26. The Morgan fingerprint density at radius 1 is 1.47 bits per heavy atom. The molecule has 0 bridgehead atoms. The monoisotopic (exact) mass is 243 g/mol. The number of nitrogens with one attached hydrogen (secondary N) is 1. The van der Waals surface area contributed by atoms with Gasteiger partial charge < -0.3 is 15.2 Å². The van der Waals surface area contributed by atoms with Crippen LogP contribution in [0.5, 0.6) is 0 Å². The van der Waals surface area contributed by atoms with E-state index in [-0.39, 0.29) is 18.6 Å². The number of carboxylic acids is 1. The van der Waals surface area contributed by atoms with Gasteiger partial charge in [0.05, 0.1) is 6.10 Å². The van der Waals surface area contributed by atoms with Crippen molar-refractivity contribution in [3.63, 3.8) is 0 Å². The summed E-state index contributed by atoms with van der Waals surface area (Å²) in [5.41, 5.74) is 0. The SMILES string of the molecule is C[C@@H]1CCC[C@H](O[C@H](C)C(=O)NCC(=O)O)C1. The maximum absolute atomic E-state index is 11.5. The van der Waals surface area contributed by atoms with Gasteiger partial charge in [-0.15, -0.1) is 0 Å². The highest BCUT2D eigenvalue weighted by Gasteiger charge is 2.24.